The van der Waals surface area contributed by atoms with Crippen molar-refractivity contribution in [2.24, 2.45) is 0 Å². The average molecular weight is 386 g/mol. The van der Waals surface area contributed by atoms with Gasteiger partial charge in [0.1, 0.15) is 9.24 Å². The first-order chi connectivity index (χ1) is 10.6. The molecule has 0 amide bonds. The van der Waals surface area contributed by atoms with Crippen molar-refractivity contribution < 1.29 is 0 Å². The molecule has 1 heterocycles. The highest BCUT2D eigenvalue weighted by molar-refractivity contribution is 8.03. The molecule has 112 valence electrons. The number of hydrogen-bond donors (Lipinski definition) is 1. The van der Waals surface area contributed by atoms with Crippen LogP contribution in [0.2, 0.25) is 10.0 Å². The van der Waals surface area contributed by atoms with E-state index in [2.05, 4.69) is 4.98 Å². The third-order valence-electron chi connectivity index (χ3n) is 2.64. The summed E-state index contributed by atoms with van der Waals surface area (Å²) in [5.41, 5.74) is 0. The summed E-state index contributed by atoms with van der Waals surface area (Å²) < 4.78 is 0.937. The van der Waals surface area contributed by atoms with Crippen molar-refractivity contribution in [1.29, 1.82) is 0 Å². The fourth-order valence-electron chi connectivity index (χ4n) is 1.66. The molecule has 0 atom stereocenters. The lowest BCUT2D eigenvalue weighted by Crippen LogP contribution is -1.91. The van der Waals surface area contributed by atoms with Crippen LogP contribution in [0.5, 0.6) is 0 Å². The van der Waals surface area contributed by atoms with Gasteiger partial charge in [-0.2, -0.15) is 0 Å². The Kier molecular flexibility index (Phi) is 5.21. The van der Waals surface area contributed by atoms with Gasteiger partial charge in [-0.3, -0.25) is 4.79 Å². The van der Waals surface area contributed by atoms with Crippen molar-refractivity contribution in [3.05, 3.63) is 68.2 Å². The largest absolute Gasteiger partial charge is 0.306 e. The van der Waals surface area contributed by atoms with Crippen LogP contribution >= 0.6 is 58.1 Å². The number of H-pyrrole nitrogens is 1. The van der Waals surface area contributed by atoms with Crippen molar-refractivity contribution in [2.45, 2.75) is 19.0 Å². The smallest absolute Gasteiger partial charge is 0.306 e. The lowest BCUT2D eigenvalue weighted by molar-refractivity contribution is 1.10. The molecule has 0 aliphatic rings. The second-order valence-electron chi connectivity index (χ2n) is 4.24. The fourth-order valence-corrected chi connectivity index (χ4v) is 4.99. The van der Waals surface area contributed by atoms with Gasteiger partial charge < -0.3 is 4.98 Å². The van der Waals surface area contributed by atoms with Crippen LogP contribution < -0.4 is 4.87 Å². The Labute approximate surface area is 149 Å². The summed E-state index contributed by atoms with van der Waals surface area (Å²) in [6.45, 7) is 0. The first-order valence-corrected chi connectivity index (χ1v) is 9.40. The minimum absolute atomic E-state index is 0.0621. The standard InChI is InChI=1S/C15H9Cl2NOS3/c16-9-1-5-11(6-2-9)20-13-14(22-15(19)18-13)21-12-7-3-10(17)4-8-12/h1-8H,(H,18,19). The van der Waals surface area contributed by atoms with Crippen LogP contribution in [-0.4, -0.2) is 4.98 Å². The van der Waals surface area contributed by atoms with Crippen molar-refractivity contribution in [2.75, 3.05) is 0 Å². The lowest BCUT2D eigenvalue weighted by atomic mass is 10.4. The third-order valence-corrected chi connectivity index (χ3v) is 6.50. The number of aromatic nitrogens is 1. The van der Waals surface area contributed by atoms with Gasteiger partial charge in [-0.15, -0.1) is 0 Å². The van der Waals surface area contributed by atoms with E-state index in [4.69, 9.17) is 23.2 Å². The predicted octanol–water partition coefficient (Wildman–Crippen LogP) is 6.05. The lowest BCUT2D eigenvalue weighted by Gasteiger charge is -2.03. The Hall–Kier alpha value is -0.850. The zero-order valence-corrected chi connectivity index (χ0v) is 15.0. The average Bonchev–Trinajstić information content (AvgIpc) is 2.83. The number of halogens is 2. The molecule has 3 aromatic rings. The Balaban J connectivity index is 1.84. The summed E-state index contributed by atoms with van der Waals surface area (Å²) in [5, 5.41) is 2.23. The summed E-state index contributed by atoms with van der Waals surface area (Å²) >= 11 is 16.1. The number of nitrogens with one attached hydrogen (secondary N) is 1. The van der Waals surface area contributed by atoms with Gasteiger partial charge in [0.15, 0.2) is 0 Å². The topological polar surface area (TPSA) is 32.9 Å². The minimum Gasteiger partial charge on any atom is -0.306 e. The molecule has 0 aliphatic carbocycles. The Morgan fingerprint density at radius 3 is 1.86 bits per heavy atom. The maximum Gasteiger partial charge on any atom is 0.306 e. The zero-order valence-electron chi connectivity index (χ0n) is 11.0. The number of aromatic amines is 1. The van der Waals surface area contributed by atoms with Crippen molar-refractivity contribution in [3.8, 4) is 0 Å². The highest BCUT2D eigenvalue weighted by Crippen LogP contribution is 2.39. The molecule has 0 fully saturated rings. The van der Waals surface area contributed by atoms with E-state index in [-0.39, 0.29) is 4.87 Å². The van der Waals surface area contributed by atoms with Crippen molar-refractivity contribution >= 4 is 58.1 Å². The number of thiazole rings is 1. The zero-order chi connectivity index (χ0) is 15.5. The van der Waals surface area contributed by atoms with Crippen LogP contribution in [0.3, 0.4) is 0 Å². The van der Waals surface area contributed by atoms with Gasteiger partial charge in [-0.1, -0.05) is 58.1 Å². The Morgan fingerprint density at radius 1 is 0.818 bits per heavy atom. The normalized spacial score (nSPS) is 10.8. The molecule has 0 bridgehead atoms. The van der Waals surface area contributed by atoms with E-state index in [0.717, 1.165) is 19.0 Å². The second-order valence-corrected chi connectivity index (χ2v) is 8.53. The van der Waals surface area contributed by atoms with Gasteiger partial charge >= 0.3 is 4.87 Å². The molecular formula is C15H9Cl2NOS3. The fraction of sp³-hybridized carbons (Fsp3) is 0. The quantitative estimate of drug-likeness (QED) is 0.593. The SMILES string of the molecule is O=c1[nH]c(Sc2ccc(Cl)cc2)c(Sc2ccc(Cl)cc2)s1. The van der Waals surface area contributed by atoms with E-state index in [1.54, 1.807) is 11.8 Å². The summed E-state index contributed by atoms with van der Waals surface area (Å²) in [7, 11) is 0. The maximum absolute atomic E-state index is 11.7. The maximum atomic E-state index is 11.7. The van der Waals surface area contributed by atoms with Crippen LogP contribution in [-0.2, 0) is 0 Å². The van der Waals surface area contributed by atoms with Gasteiger partial charge in [-0.25, -0.2) is 0 Å². The number of rotatable bonds is 4. The van der Waals surface area contributed by atoms with E-state index in [9.17, 15) is 4.79 Å². The highest BCUT2D eigenvalue weighted by atomic mass is 35.5. The van der Waals surface area contributed by atoms with Crippen LogP contribution in [0.1, 0.15) is 0 Å². The molecule has 0 saturated carbocycles. The first kappa shape index (κ1) is 16.0. The summed E-state index contributed by atoms with van der Waals surface area (Å²) in [4.78, 5) is 16.6. The molecule has 0 unspecified atom stereocenters. The van der Waals surface area contributed by atoms with Crippen molar-refractivity contribution in [1.82, 2.24) is 4.98 Å². The van der Waals surface area contributed by atoms with E-state index in [0.29, 0.717) is 10.0 Å². The van der Waals surface area contributed by atoms with E-state index in [1.165, 1.54) is 23.1 Å². The number of benzene rings is 2. The van der Waals surface area contributed by atoms with Crippen molar-refractivity contribution in [3.63, 3.8) is 0 Å². The molecule has 1 N–H and O–H groups in total. The predicted molar refractivity (Wildman–Crippen MR) is 96.1 cm³/mol. The number of hydrogen-bond acceptors (Lipinski definition) is 4. The molecule has 22 heavy (non-hydrogen) atoms. The van der Waals surface area contributed by atoms with Gasteiger partial charge in [0.05, 0.1) is 0 Å². The van der Waals surface area contributed by atoms with Gasteiger partial charge in [0.25, 0.3) is 0 Å². The Morgan fingerprint density at radius 2 is 1.32 bits per heavy atom. The minimum atomic E-state index is -0.0621. The highest BCUT2D eigenvalue weighted by Gasteiger charge is 2.11. The van der Waals surface area contributed by atoms with E-state index < -0.39 is 0 Å². The second kappa shape index (κ2) is 7.15. The van der Waals surface area contributed by atoms with Crippen LogP contribution in [0.15, 0.2) is 72.4 Å². The molecule has 7 heteroatoms. The molecule has 2 aromatic carbocycles. The summed E-state index contributed by atoms with van der Waals surface area (Å²) in [6.07, 6.45) is 0. The van der Waals surface area contributed by atoms with Gasteiger partial charge in [-0.05, 0) is 48.5 Å². The van der Waals surface area contributed by atoms with Gasteiger partial charge in [0, 0.05) is 19.8 Å². The molecule has 2 nitrogen and oxygen atoms in total. The molecule has 1 aromatic heterocycles. The van der Waals surface area contributed by atoms with E-state index >= 15 is 0 Å². The molecular weight excluding hydrogens is 377 g/mol. The first-order valence-electron chi connectivity index (χ1n) is 6.20. The van der Waals surface area contributed by atoms with Crippen LogP contribution in [0.4, 0.5) is 0 Å². The third kappa shape index (κ3) is 4.12. The molecule has 0 spiro atoms. The Bertz CT molecular complexity index is 757. The molecule has 3 rings (SSSR count). The molecule has 0 radical (unpaired) electrons. The summed E-state index contributed by atoms with van der Waals surface area (Å²) in [6, 6.07) is 15.1. The van der Waals surface area contributed by atoms with Crippen LogP contribution in [0.25, 0.3) is 0 Å². The monoisotopic (exact) mass is 385 g/mol. The molecule has 0 aliphatic heterocycles. The summed E-state index contributed by atoms with van der Waals surface area (Å²) in [5.74, 6) is 0. The van der Waals surface area contributed by atoms with Crippen LogP contribution in [0, 0.1) is 0 Å². The molecule has 0 saturated heterocycles. The van der Waals surface area contributed by atoms with E-state index in [1.807, 2.05) is 48.5 Å². The van der Waals surface area contributed by atoms with Gasteiger partial charge in [0.2, 0.25) is 0 Å².